The van der Waals surface area contributed by atoms with Crippen LogP contribution >= 0.6 is 0 Å². The minimum absolute atomic E-state index is 0.122. The van der Waals surface area contributed by atoms with Crippen LogP contribution in [-0.2, 0) is 4.74 Å². The second-order valence-corrected chi connectivity index (χ2v) is 3.61. The predicted molar refractivity (Wildman–Crippen MR) is 73.8 cm³/mol. The molecule has 0 radical (unpaired) electrons. The Kier molecular flexibility index (Phi) is 5.13. The third-order valence-corrected chi connectivity index (χ3v) is 2.55. The van der Waals surface area contributed by atoms with Crippen molar-refractivity contribution < 1.29 is 14.4 Å². The zero-order chi connectivity index (χ0) is 14.4. The smallest absolute Gasteiger partial charge is 0.313 e. The Morgan fingerprint density at radius 1 is 1.42 bits per heavy atom. The number of ether oxygens (including phenoxy) is 2. The molecule has 7 heteroatoms. The summed E-state index contributed by atoms with van der Waals surface area (Å²) in [4.78, 5) is 10.5. The molecule has 1 atom stereocenters. The first-order valence-electron chi connectivity index (χ1n) is 5.53. The molecule has 0 saturated carbocycles. The van der Waals surface area contributed by atoms with E-state index in [0.29, 0.717) is 11.4 Å². The van der Waals surface area contributed by atoms with Crippen LogP contribution in [0.5, 0.6) is 5.75 Å². The number of rotatable bonds is 7. The van der Waals surface area contributed by atoms with Crippen molar-refractivity contribution in [1.29, 1.82) is 0 Å². The van der Waals surface area contributed by atoms with Gasteiger partial charge in [-0.05, 0) is 6.08 Å². The highest BCUT2D eigenvalue weighted by molar-refractivity contribution is 5.76. The summed E-state index contributed by atoms with van der Waals surface area (Å²) in [5, 5.41) is 16.9. The maximum atomic E-state index is 11.0. The Morgan fingerprint density at radius 3 is 2.53 bits per heavy atom. The van der Waals surface area contributed by atoms with Crippen LogP contribution in [0.3, 0.4) is 0 Å². The monoisotopic (exact) mass is 267 g/mol. The first kappa shape index (κ1) is 14.8. The Balaban J connectivity index is 3.25. The molecule has 0 saturated heterocycles. The SMILES string of the molecule is C=CC(Nc1cc([N+](=O)[O-])c(OC)cc1NC)OC. The molecule has 0 aliphatic carbocycles. The van der Waals surface area contributed by atoms with Crippen molar-refractivity contribution >= 4 is 17.1 Å². The van der Waals surface area contributed by atoms with Gasteiger partial charge in [0, 0.05) is 26.3 Å². The average Bonchev–Trinajstić information content (AvgIpc) is 2.43. The highest BCUT2D eigenvalue weighted by atomic mass is 16.6. The predicted octanol–water partition coefficient (Wildman–Crippen LogP) is 2.22. The molecule has 0 bridgehead atoms. The lowest BCUT2D eigenvalue weighted by molar-refractivity contribution is -0.385. The number of nitro groups is 1. The molecule has 0 aliphatic heterocycles. The Labute approximate surface area is 111 Å². The van der Waals surface area contributed by atoms with E-state index in [1.807, 2.05) is 0 Å². The van der Waals surface area contributed by atoms with E-state index in [-0.39, 0.29) is 11.4 Å². The van der Waals surface area contributed by atoms with Gasteiger partial charge in [0.25, 0.3) is 0 Å². The molecule has 0 aromatic heterocycles. The van der Waals surface area contributed by atoms with E-state index in [0.717, 1.165) is 0 Å². The lowest BCUT2D eigenvalue weighted by Gasteiger charge is -2.18. The van der Waals surface area contributed by atoms with Crippen LogP contribution in [0, 0.1) is 10.1 Å². The highest BCUT2D eigenvalue weighted by Crippen LogP contribution is 2.36. The molecule has 104 valence electrons. The maximum absolute atomic E-state index is 11.0. The van der Waals surface area contributed by atoms with Crippen molar-refractivity contribution in [2.24, 2.45) is 0 Å². The van der Waals surface area contributed by atoms with Crippen LogP contribution in [0.15, 0.2) is 24.8 Å². The molecule has 0 aliphatic rings. The second kappa shape index (κ2) is 6.60. The summed E-state index contributed by atoms with van der Waals surface area (Å²) >= 11 is 0. The Bertz CT molecular complexity index is 476. The number of anilines is 2. The Hall–Kier alpha value is -2.28. The van der Waals surface area contributed by atoms with Crippen molar-refractivity contribution in [1.82, 2.24) is 0 Å². The molecule has 2 N–H and O–H groups in total. The Morgan fingerprint density at radius 2 is 2.11 bits per heavy atom. The lowest BCUT2D eigenvalue weighted by Crippen LogP contribution is -2.19. The third kappa shape index (κ3) is 3.35. The molecule has 0 amide bonds. The van der Waals surface area contributed by atoms with Gasteiger partial charge in [-0.3, -0.25) is 10.1 Å². The third-order valence-electron chi connectivity index (χ3n) is 2.55. The van der Waals surface area contributed by atoms with Crippen molar-refractivity contribution in [2.45, 2.75) is 6.23 Å². The number of hydrogen-bond donors (Lipinski definition) is 2. The number of methoxy groups -OCH3 is 2. The molecule has 0 spiro atoms. The van der Waals surface area contributed by atoms with E-state index in [4.69, 9.17) is 9.47 Å². The molecule has 0 fully saturated rings. The van der Waals surface area contributed by atoms with Crippen LogP contribution in [-0.4, -0.2) is 32.4 Å². The van der Waals surface area contributed by atoms with Crippen molar-refractivity contribution in [3.8, 4) is 5.75 Å². The quantitative estimate of drug-likeness (QED) is 0.341. The molecular weight excluding hydrogens is 250 g/mol. The van der Waals surface area contributed by atoms with Gasteiger partial charge in [0.2, 0.25) is 0 Å². The number of nitrogens with one attached hydrogen (secondary N) is 2. The highest BCUT2D eigenvalue weighted by Gasteiger charge is 2.19. The van der Waals surface area contributed by atoms with Gasteiger partial charge in [-0.2, -0.15) is 0 Å². The second-order valence-electron chi connectivity index (χ2n) is 3.61. The molecular formula is C12H17N3O4. The van der Waals surface area contributed by atoms with Crippen molar-refractivity contribution in [2.75, 3.05) is 31.9 Å². The summed E-state index contributed by atoms with van der Waals surface area (Å²) in [6, 6.07) is 2.94. The van der Waals surface area contributed by atoms with E-state index >= 15 is 0 Å². The van der Waals surface area contributed by atoms with E-state index in [1.54, 1.807) is 19.2 Å². The number of nitrogens with zero attached hydrogens (tertiary/aromatic N) is 1. The summed E-state index contributed by atoms with van der Waals surface area (Å²) in [5.41, 5.74) is 1.07. The normalized spacial score (nSPS) is 11.5. The maximum Gasteiger partial charge on any atom is 0.313 e. The topological polar surface area (TPSA) is 85.7 Å². The van der Waals surface area contributed by atoms with E-state index in [9.17, 15) is 10.1 Å². The molecule has 0 heterocycles. The van der Waals surface area contributed by atoms with Crippen LogP contribution < -0.4 is 15.4 Å². The number of benzene rings is 1. The van der Waals surface area contributed by atoms with Crippen molar-refractivity contribution in [3.63, 3.8) is 0 Å². The van der Waals surface area contributed by atoms with Gasteiger partial charge in [0.1, 0.15) is 6.23 Å². The van der Waals surface area contributed by atoms with Gasteiger partial charge < -0.3 is 20.1 Å². The van der Waals surface area contributed by atoms with Crippen LogP contribution in [0.25, 0.3) is 0 Å². The summed E-state index contributed by atoms with van der Waals surface area (Å²) < 4.78 is 10.1. The fourth-order valence-corrected chi connectivity index (χ4v) is 1.57. The van der Waals surface area contributed by atoms with Crippen LogP contribution in [0.4, 0.5) is 17.1 Å². The first-order chi connectivity index (χ1) is 9.07. The van der Waals surface area contributed by atoms with Crippen LogP contribution in [0.2, 0.25) is 0 Å². The minimum Gasteiger partial charge on any atom is -0.490 e. The fourth-order valence-electron chi connectivity index (χ4n) is 1.57. The van der Waals surface area contributed by atoms with Crippen molar-refractivity contribution in [3.05, 3.63) is 34.9 Å². The molecule has 1 aromatic carbocycles. The van der Waals surface area contributed by atoms with Gasteiger partial charge >= 0.3 is 5.69 Å². The minimum atomic E-state index is -0.501. The molecule has 7 nitrogen and oxygen atoms in total. The first-order valence-corrected chi connectivity index (χ1v) is 5.53. The molecule has 1 rings (SSSR count). The van der Waals surface area contributed by atoms with E-state index in [2.05, 4.69) is 17.2 Å². The number of hydrogen-bond acceptors (Lipinski definition) is 6. The van der Waals surface area contributed by atoms with Gasteiger partial charge in [0.15, 0.2) is 5.75 Å². The standard InChI is InChI=1S/C12H17N3O4/c1-5-12(19-4)14-9-6-10(15(16)17)11(18-3)7-8(9)13-2/h5-7,12-14H,1H2,2-4H3. The van der Waals surface area contributed by atoms with E-state index < -0.39 is 11.2 Å². The van der Waals surface area contributed by atoms with Crippen LogP contribution in [0.1, 0.15) is 0 Å². The summed E-state index contributed by atoms with van der Waals surface area (Å²) in [6.45, 7) is 3.61. The molecule has 1 aromatic rings. The summed E-state index contributed by atoms with van der Waals surface area (Å²) in [5.74, 6) is 0.187. The summed E-state index contributed by atoms with van der Waals surface area (Å²) in [6.07, 6.45) is 1.11. The summed E-state index contributed by atoms with van der Waals surface area (Å²) in [7, 11) is 4.61. The van der Waals surface area contributed by atoms with Gasteiger partial charge in [0.05, 0.1) is 23.4 Å². The van der Waals surface area contributed by atoms with Gasteiger partial charge in [-0.25, -0.2) is 0 Å². The van der Waals surface area contributed by atoms with Gasteiger partial charge in [-0.15, -0.1) is 0 Å². The fraction of sp³-hybridized carbons (Fsp3) is 0.333. The zero-order valence-electron chi connectivity index (χ0n) is 11.1. The molecule has 19 heavy (non-hydrogen) atoms. The number of nitro benzene ring substituents is 1. The van der Waals surface area contributed by atoms with Gasteiger partial charge in [-0.1, -0.05) is 6.58 Å². The largest absolute Gasteiger partial charge is 0.490 e. The lowest BCUT2D eigenvalue weighted by atomic mass is 10.2. The van der Waals surface area contributed by atoms with E-state index in [1.165, 1.54) is 20.3 Å². The average molecular weight is 267 g/mol. The molecule has 1 unspecified atom stereocenters. The zero-order valence-corrected chi connectivity index (χ0v) is 11.1.